The van der Waals surface area contributed by atoms with E-state index in [9.17, 15) is 0 Å². The summed E-state index contributed by atoms with van der Waals surface area (Å²) in [7, 11) is 0. The molecule has 70 valence electrons. The van der Waals surface area contributed by atoms with Crippen molar-refractivity contribution in [3.8, 4) is 0 Å². The van der Waals surface area contributed by atoms with Gasteiger partial charge in [-0.3, -0.25) is 0 Å². The number of allylic oxidation sites excluding steroid dienone is 5. The van der Waals surface area contributed by atoms with Crippen molar-refractivity contribution in [3.05, 3.63) is 63.8 Å². The first-order valence-electron chi connectivity index (χ1n) is 4.63. The molecule has 1 heteroatoms. The van der Waals surface area contributed by atoms with Gasteiger partial charge in [-0.1, -0.05) is 48.6 Å². The van der Waals surface area contributed by atoms with Crippen LogP contribution in [0, 0.1) is 9.49 Å². The first-order valence-corrected chi connectivity index (χ1v) is 5.71. The van der Waals surface area contributed by atoms with Crippen molar-refractivity contribution in [2.24, 2.45) is 5.92 Å². The lowest BCUT2D eigenvalue weighted by Crippen LogP contribution is -1.80. The fraction of sp³-hybridized carbons (Fsp3) is 0.0769. The second-order valence-corrected chi connectivity index (χ2v) is 4.50. The summed E-state index contributed by atoms with van der Waals surface area (Å²) in [6, 6.07) is 8.53. The lowest BCUT2D eigenvalue weighted by molar-refractivity contribution is 1.10. The van der Waals surface area contributed by atoms with Crippen LogP contribution in [0.1, 0.15) is 5.56 Å². The van der Waals surface area contributed by atoms with Gasteiger partial charge in [-0.15, -0.1) is 0 Å². The van der Waals surface area contributed by atoms with Gasteiger partial charge in [-0.05, 0) is 40.3 Å². The molecule has 0 N–H and O–H groups in total. The van der Waals surface area contributed by atoms with Crippen LogP contribution in [-0.2, 0) is 0 Å². The zero-order valence-electron chi connectivity index (χ0n) is 7.73. The summed E-state index contributed by atoms with van der Waals surface area (Å²) in [5, 5.41) is 0. The second kappa shape index (κ2) is 4.60. The highest BCUT2D eigenvalue weighted by Crippen LogP contribution is 2.13. The molecule has 0 spiro atoms. The van der Waals surface area contributed by atoms with Crippen LogP contribution in [-0.4, -0.2) is 0 Å². The van der Waals surface area contributed by atoms with Gasteiger partial charge in [0, 0.05) is 9.49 Å². The molecule has 0 aliphatic heterocycles. The average Bonchev–Trinajstić information content (AvgIpc) is 2.70. The SMILES string of the molecule is Ic1ccc(/C=C/C2C=CC=C2)cc1. The molecule has 0 nitrogen and oxygen atoms in total. The van der Waals surface area contributed by atoms with Crippen LogP contribution in [0.2, 0.25) is 0 Å². The summed E-state index contributed by atoms with van der Waals surface area (Å²) in [6.45, 7) is 0. The lowest BCUT2D eigenvalue weighted by Gasteiger charge is -1.96. The van der Waals surface area contributed by atoms with Crippen LogP contribution in [0.5, 0.6) is 0 Å². The van der Waals surface area contributed by atoms with Crippen LogP contribution in [0.15, 0.2) is 54.6 Å². The predicted molar refractivity (Wildman–Crippen MR) is 70.0 cm³/mol. The van der Waals surface area contributed by atoms with Crippen molar-refractivity contribution in [2.75, 3.05) is 0 Å². The Bertz CT molecular complexity index is 370. The summed E-state index contributed by atoms with van der Waals surface area (Å²) in [4.78, 5) is 0. The third kappa shape index (κ3) is 2.58. The van der Waals surface area contributed by atoms with Crippen molar-refractivity contribution >= 4 is 28.7 Å². The van der Waals surface area contributed by atoms with E-state index in [1.165, 1.54) is 9.13 Å². The van der Waals surface area contributed by atoms with Crippen LogP contribution in [0.4, 0.5) is 0 Å². The van der Waals surface area contributed by atoms with Gasteiger partial charge in [0.25, 0.3) is 0 Å². The zero-order chi connectivity index (χ0) is 9.80. The Balaban J connectivity index is 2.06. The molecule has 1 aromatic carbocycles. The molecule has 14 heavy (non-hydrogen) atoms. The monoisotopic (exact) mass is 294 g/mol. The van der Waals surface area contributed by atoms with Crippen molar-refractivity contribution < 1.29 is 0 Å². The first-order chi connectivity index (χ1) is 6.84. The summed E-state index contributed by atoms with van der Waals surface area (Å²) >= 11 is 2.32. The molecule has 0 aromatic heterocycles. The fourth-order valence-electron chi connectivity index (χ4n) is 1.37. The molecule has 1 aliphatic rings. The van der Waals surface area contributed by atoms with Crippen LogP contribution in [0.3, 0.4) is 0 Å². The molecule has 0 saturated carbocycles. The van der Waals surface area contributed by atoms with Crippen molar-refractivity contribution in [1.82, 2.24) is 0 Å². The van der Waals surface area contributed by atoms with Gasteiger partial charge in [0.2, 0.25) is 0 Å². The summed E-state index contributed by atoms with van der Waals surface area (Å²) in [5.41, 5.74) is 1.26. The summed E-state index contributed by atoms with van der Waals surface area (Å²) in [6.07, 6.45) is 12.9. The smallest absolute Gasteiger partial charge is 0.0136 e. The largest absolute Gasteiger partial charge is 0.0738 e. The van der Waals surface area contributed by atoms with Gasteiger partial charge in [0.15, 0.2) is 0 Å². The number of halogens is 1. The van der Waals surface area contributed by atoms with Crippen LogP contribution < -0.4 is 0 Å². The molecule has 0 atom stereocenters. The Morgan fingerprint density at radius 2 is 1.64 bits per heavy atom. The molecule has 1 aromatic rings. The molecule has 2 rings (SSSR count). The minimum Gasteiger partial charge on any atom is -0.0738 e. The average molecular weight is 294 g/mol. The number of rotatable bonds is 2. The van der Waals surface area contributed by atoms with E-state index in [0.717, 1.165) is 0 Å². The summed E-state index contributed by atoms with van der Waals surface area (Å²) in [5.74, 6) is 0.481. The van der Waals surface area contributed by atoms with E-state index in [4.69, 9.17) is 0 Å². The normalized spacial score (nSPS) is 15.8. The standard InChI is InChI=1S/C13H11I/c14-13-9-7-12(8-10-13)6-5-11-3-1-2-4-11/h1-11H/b6-5+. The van der Waals surface area contributed by atoms with Gasteiger partial charge in [-0.25, -0.2) is 0 Å². The highest BCUT2D eigenvalue weighted by Gasteiger charge is 1.96. The van der Waals surface area contributed by atoms with E-state index in [1.54, 1.807) is 0 Å². The molecule has 0 amide bonds. The topological polar surface area (TPSA) is 0 Å². The minimum absolute atomic E-state index is 0.481. The van der Waals surface area contributed by atoms with Crippen molar-refractivity contribution in [3.63, 3.8) is 0 Å². The third-order valence-electron chi connectivity index (χ3n) is 2.16. The van der Waals surface area contributed by atoms with E-state index in [2.05, 4.69) is 83.3 Å². The van der Waals surface area contributed by atoms with E-state index in [1.807, 2.05) is 0 Å². The van der Waals surface area contributed by atoms with E-state index in [-0.39, 0.29) is 0 Å². The third-order valence-corrected chi connectivity index (χ3v) is 2.88. The number of hydrogen-bond donors (Lipinski definition) is 0. The van der Waals surface area contributed by atoms with Gasteiger partial charge in [0.1, 0.15) is 0 Å². The van der Waals surface area contributed by atoms with Gasteiger partial charge in [0.05, 0.1) is 0 Å². The Morgan fingerprint density at radius 3 is 2.29 bits per heavy atom. The molecule has 0 heterocycles. The van der Waals surface area contributed by atoms with Crippen molar-refractivity contribution in [2.45, 2.75) is 0 Å². The Morgan fingerprint density at radius 1 is 1.00 bits per heavy atom. The maximum atomic E-state index is 2.32. The van der Waals surface area contributed by atoms with E-state index >= 15 is 0 Å². The Labute approximate surface area is 98.2 Å². The maximum Gasteiger partial charge on any atom is 0.0136 e. The fourth-order valence-corrected chi connectivity index (χ4v) is 1.73. The quantitative estimate of drug-likeness (QED) is 0.722. The maximum absolute atomic E-state index is 2.32. The van der Waals surface area contributed by atoms with Crippen molar-refractivity contribution in [1.29, 1.82) is 0 Å². The van der Waals surface area contributed by atoms with E-state index in [0.29, 0.717) is 5.92 Å². The number of hydrogen-bond acceptors (Lipinski definition) is 0. The van der Waals surface area contributed by atoms with Crippen LogP contribution in [0.25, 0.3) is 6.08 Å². The second-order valence-electron chi connectivity index (χ2n) is 3.26. The minimum atomic E-state index is 0.481. The lowest BCUT2D eigenvalue weighted by atomic mass is 10.1. The molecule has 0 unspecified atom stereocenters. The number of benzene rings is 1. The van der Waals surface area contributed by atoms with E-state index < -0.39 is 0 Å². The zero-order valence-corrected chi connectivity index (χ0v) is 9.89. The highest BCUT2D eigenvalue weighted by molar-refractivity contribution is 14.1. The highest BCUT2D eigenvalue weighted by atomic mass is 127. The molecule has 0 fully saturated rings. The summed E-state index contributed by atoms with van der Waals surface area (Å²) < 4.78 is 1.28. The predicted octanol–water partition coefficient (Wildman–Crippen LogP) is 4.05. The van der Waals surface area contributed by atoms with Gasteiger partial charge >= 0.3 is 0 Å². The molecule has 0 radical (unpaired) electrons. The first kappa shape index (κ1) is 9.71. The van der Waals surface area contributed by atoms with Gasteiger partial charge < -0.3 is 0 Å². The molecular weight excluding hydrogens is 283 g/mol. The molecule has 1 aliphatic carbocycles. The molecular formula is C13H11I. The van der Waals surface area contributed by atoms with Crippen LogP contribution >= 0.6 is 22.6 Å². The van der Waals surface area contributed by atoms with Gasteiger partial charge in [-0.2, -0.15) is 0 Å². The Hall–Kier alpha value is -0.830. The Kier molecular flexibility index (Phi) is 3.19. The molecule has 0 saturated heterocycles. The molecule has 0 bridgehead atoms.